The molecule has 3 atom stereocenters. The summed E-state index contributed by atoms with van der Waals surface area (Å²) in [5.74, 6) is -0.0660. The molecule has 36 heavy (non-hydrogen) atoms. The third-order valence-electron chi connectivity index (χ3n) is 6.81. The van der Waals surface area contributed by atoms with Crippen LogP contribution in [0.1, 0.15) is 70.8 Å². The van der Waals surface area contributed by atoms with Gasteiger partial charge in [-0.05, 0) is 80.6 Å². The lowest BCUT2D eigenvalue weighted by molar-refractivity contribution is 0.0696. The average Bonchev–Trinajstić information content (AvgIpc) is 2.86. The van der Waals surface area contributed by atoms with Crippen LogP contribution in [0, 0.1) is 12.7 Å². The fourth-order valence-electron chi connectivity index (χ4n) is 4.78. The van der Waals surface area contributed by atoms with E-state index in [-0.39, 0.29) is 42.0 Å². The predicted octanol–water partition coefficient (Wildman–Crippen LogP) is 6.68. The topological polar surface area (TPSA) is 67.8 Å². The van der Waals surface area contributed by atoms with Crippen molar-refractivity contribution in [1.29, 1.82) is 0 Å². The van der Waals surface area contributed by atoms with Crippen LogP contribution in [0.2, 0.25) is 0 Å². The van der Waals surface area contributed by atoms with Gasteiger partial charge in [0.15, 0.2) is 11.6 Å². The number of carboxylic acid groups (broad SMARTS) is 1. The van der Waals surface area contributed by atoms with E-state index in [1.54, 1.807) is 12.1 Å². The van der Waals surface area contributed by atoms with Crippen LogP contribution in [0.3, 0.4) is 0 Å². The maximum Gasteiger partial charge on any atom is 0.335 e. The third-order valence-corrected chi connectivity index (χ3v) is 6.81. The van der Waals surface area contributed by atoms with Crippen LogP contribution >= 0.6 is 12.4 Å². The number of hydrogen-bond acceptors (Lipinski definition) is 4. The Kier molecular flexibility index (Phi) is 9.35. The Morgan fingerprint density at radius 2 is 1.97 bits per heavy atom. The molecule has 0 aromatic heterocycles. The number of carboxylic acids is 1. The van der Waals surface area contributed by atoms with Gasteiger partial charge in [-0.25, -0.2) is 9.18 Å². The van der Waals surface area contributed by atoms with Gasteiger partial charge in [-0.3, -0.25) is 0 Å². The van der Waals surface area contributed by atoms with Gasteiger partial charge in [0.2, 0.25) is 0 Å². The van der Waals surface area contributed by atoms with Crippen LogP contribution in [0.15, 0.2) is 60.7 Å². The molecule has 1 heterocycles. The molecule has 192 valence electrons. The van der Waals surface area contributed by atoms with E-state index >= 15 is 0 Å². The predicted molar refractivity (Wildman–Crippen MR) is 141 cm³/mol. The fourth-order valence-corrected chi connectivity index (χ4v) is 4.78. The first-order valence-corrected chi connectivity index (χ1v) is 12.0. The minimum atomic E-state index is -0.903. The van der Waals surface area contributed by atoms with Crippen molar-refractivity contribution in [3.8, 4) is 11.5 Å². The molecule has 4 rings (SSSR count). The molecule has 0 amide bonds. The third kappa shape index (κ3) is 6.18. The summed E-state index contributed by atoms with van der Waals surface area (Å²) in [6.45, 7) is 4.66. The normalized spacial score (nSPS) is 17.3. The fraction of sp³-hybridized carbons (Fsp3) is 0.345. The smallest absolute Gasteiger partial charge is 0.335 e. The van der Waals surface area contributed by atoms with Gasteiger partial charge in [-0.2, -0.15) is 0 Å². The van der Waals surface area contributed by atoms with Gasteiger partial charge in [0.05, 0.1) is 18.8 Å². The van der Waals surface area contributed by atoms with E-state index in [1.165, 1.54) is 13.2 Å². The largest absolute Gasteiger partial charge is 0.494 e. The maximum atomic E-state index is 13.7. The number of halogens is 2. The summed E-state index contributed by atoms with van der Waals surface area (Å²) in [5.41, 5.74) is 4.18. The average molecular weight is 514 g/mol. The summed E-state index contributed by atoms with van der Waals surface area (Å²) in [5, 5.41) is 13.1. The Morgan fingerprint density at radius 3 is 2.72 bits per heavy atom. The summed E-state index contributed by atoms with van der Waals surface area (Å²) in [6, 6.07) is 18.7. The molecule has 0 unspecified atom stereocenters. The Balaban J connectivity index is 0.00000361. The number of aryl methyl sites for hydroxylation is 1. The quantitative estimate of drug-likeness (QED) is 0.312. The van der Waals surface area contributed by atoms with Crippen LogP contribution in [0.5, 0.6) is 11.5 Å². The van der Waals surface area contributed by atoms with Crippen molar-refractivity contribution in [2.45, 2.75) is 51.2 Å². The molecule has 2 N–H and O–H groups in total. The van der Waals surface area contributed by atoms with Crippen molar-refractivity contribution in [3.63, 3.8) is 0 Å². The molecule has 0 saturated heterocycles. The number of para-hydroxylation sites is 1. The molecule has 3 aromatic carbocycles. The summed E-state index contributed by atoms with van der Waals surface area (Å²) in [7, 11) is 1.47. The van der Waals surface area contributed by atoms with Crippen molar-refractivity contribution in [2.24, 2.45) is 0 Å². The number of carbonyl (C=O) groups is 1. The van der Waals surface area contributed by atoms with Crippen molar-refractivity contribution in [3.05, 3.63) is 94.3 Å². The van der Waals surface area contributed by atoms with E-state index in [0.29, 0.717) is 5.56 Å². The maximum absolute atomic E-state index is 13.7. The van der Waals surface area contributed by atoms with Gasteiger partial charge in [-0.1, -0.05) is 36.4 Å². The van der Waals surface area contributed by atoms with Crippen molar-refractivity contribution in [2.75, 3.05) is 13.7 Å². The first kappa shape index (κ1) is 27.5. The summed E-state index contributed by atoms with van der Waals surface area (Å²) in [4.78, 5) is 11.7. The molecule has 0 fully saturated rings. The number of benzene rings is 3. The molecule has 0 spiro atoms. The van der Waals surface area contributed by atoms with Crippen LogP contribution in [0.4, 0.5) is 4.39 Å². The molecule has 5 nitrogen and oxygen atoms in total. The Morgan fingerprint density at radius 1 is 1.19 bits per heavy atom. The molecule has 7 heteroatoms. The van der Waals surface area contributed by atoms with Gasteiger partial charge in [0.25, 0.3) is 0 Å². The highest BCUT2D eigenvalue weighted by atomic mass is 35.5. The van der Waals surface area contributed by atoms with E-state index in [9.17, 15) is 14.3 Å². The Labute approximate surface area is 218 Å². The molecule has 0 saturated carbocycles. The van der Waals surface area contributed by atoms with Crippen molar-refractivity contribution >= 4 is 18.4 Å². The highest BCUT2D eigenvalue weighted by Crippen LogP contribution is 2.41. The number of rotatable bonds is 9. The summed E-state index contributed by atoms with van der Waals surface area (Å²) in [6.07, 6.45) is 2.61. The lowest BCUT2D eigenvalue weighted by Gasteiger charge is -2.33. The van der Waals surface area contributed by atoms with Gasteiger partial charge in [-0.15, -0.1) is 12.4 Å². The van der Waals surface area contributed by atoms with E-state index in [1.807, 2.05) is 50.2 Å². The summed E-state index contributed by atoms with van der Waals surface area (Å²) >= 11 is 0. The number of aromatic carboxylic acids is 1. The van der Waals surface area contributed by atoms with Crippen molar-refractivity contribution < 1.29 is 23.8 Å². The first-order chi connectivity index (χ1) is 16.9. The monoisotopic (exact) mass is 513 g/mol. The Hall–Kier alpha value is -3.09. The standard InChI is InChI=1S/C29H32FNO4.ClH/c1-18-10-11-21(15-24(18)29(32)33)25-17-22(35-27-9-5-4-8-23(25)27)7-6-14-31-19(2)20-12-13-26(30)28(16-20)34-3;/h4-5,8-13,15-16,19,22,25,31H,6-7,14,17H2,1-3H3,(H,32,33);1H/t19-,22-,25+;/m1./s1. The van der Waals surface area contributed by atoms with Crippen LogP contribution < -0.4 is 14.8 Å². The second-order valence-electron chi connectivity index (χ2n) is 9.16. The molecule has 3 aromatic rings. The van der Waals surface area contributed by atoms with Gasteiger partial charge in [0.1, 0.15) is 5.75 Å². The van der Waals surface area contributed by atoms with E-state index < -0.39 is 5.97 Å². The molecule has 0 aliphatic carbocycles. The summed E-state index contributed by atoms with van der Waals surface area (Å²) < 4.78 is 25.1. The van der Waals surface area contributed by atoms with Gasteiger partial charge in [0, 0.05) is 17.5 Å². The molecule has 1 aliphatic heterocycles. The molecule has 0 radical (unpaired) electrons. The number of fused-ring (bicyclic) bond motifs is 1. The Bertz CT molecular complexity index is 1200. The van der Waals surface area contributed by atoms with E-state index in [0.717, 1.165) is 53.8 Å². The molecule has 0 bridgehead atoms. The van der Waals surface area contributed by atoms with Crippen LogP contribution in [-0.4, -0.2) is 30.8 Å². The minimum absolute atomic E-state index is 0. The zero-order chi connectivity index (χ0) is 24.9. The highest BCUT2D eigenvalue weighted by Gasteiger charge is 2.29. The highest BCUT2D eigenvalue weighted by molar-refractivity contribution is 5.89. The van der Waals surface area contributed by atoms with E-state index in [2.05, 4.69) is 11.4 Å². The second kappa shape index (κ2) is 12.2. The molecular formula is C29H33ClFNO4. The van der Waals surface area contributed by atoms with E-state index in [4.69, 9.17) is 9.47 Å². The van der Waals surface area contributed by atoms with Crippen molar-refractivity contribution in [1.82, 2.24) is 5.32 Å². The number of methoxy groups -OCH3 is 1. The number of ether oxygens (including phenoxy) is 2. The second-order valence-corrected chi connectivity index (χ2v) is 9.16. The molecular weight excluding hydrogens is 481 g/mol. The lowest BCUT2D eigenvalue weighted by Crippen LogP contribution is -2.28. The lowest BCUT2D eigenvalue weighted by atomic mass is 9.82. The van der Waals surface area contributed by atoms with Gasteiger partial charge < -0.3 is 19.9 Å². The zero-order valence-electron chi connectivity index (χ0n) is 20.8. The zero-order valence-corrected chi connectivity index (χ0v) is 21.6. The van der Waals surface area contributed by atoms with Crippen LogP contribution in [0.25, 0.3) is 0 Å². The number of hydrogen-bond donors (Lipinski definition) is 2. The SMILES string of the molecule is COc1cc([C@@H](C)NCCC[C@@H]2C[C@@H](c3ccc(C)c(C(=O)O)c3)c3ccccc3O2)ccc1F.Cl. The first-order valence-electron chi connectivity index (χ1n) is 12.0. The minimum Gasteiger partial charge on any atom is -0.494 e. The van der Waals surface area contributed by atoms with Gasteiger partial charge >= 0.3 is 5.97 Å². The molecule has 1 aliphatic rings. The van der Waals surface area contributed by atoms with Crippen LogP contribution in [-0.2, 0) is 0 Å². The number of nitrogens with one attached hydrogen (secondary N) is 1.